The highest BCUT2D eigenvalue weighted by molar-refractivity contribution is 7.98. The van der Waals surface area contributed by atoms with Crippen LogP contribution in [0.4, 0.5) is 5.69 Å². The molecule has 1 amide bonds. The van der Waals surface area contributed by atoms with E-state index in [2.05, 4.69) is 5.32 Å². The molecule has 1 heterocycles. The van der Waals surface area contributed by atoms with Crippen molar-refractivity contribution in [2.45, 2.75) is 18.7 Å². The van der Waals surface area contributed by atoms with Crippen molar-refractivity contribution in [3.05, 3.63) is 48.4 Å². The first-order chi connectivity index (χ1) is 12.8. The van der Waals surface area contributed by atoms with E-state index < -0.39 is 16.1 Å². The summed E-state index contributed by atoms with van der Waals surface area (Å²) in [4.78, 5) is 12.4. The van der Waals surface area contributed by atoms with E-state index in [1.165, 1.54) is 7.11 Å². The molecule has 2 rings (SSSR count). The Morgan fingerprint density at radius 3 is 2.56 bits per heavy atom. The third kappa shape index (κ3) is 6.21. The Kier molecular flexibility index (Phi) is 7.61. The number of ether oxygens (including phenoxy) is 1. The number of carbonyl (C=O) groups is 1. The molecule has 0 fully saturated rings. The molecule has 27 heavy (non-hydrogen) atoms. The van der Waals surface area contributed by atoms with Crippen LogP contribution in [0.2, 0.25) is 0 Å². The summed E-state index contributed by atoms with van der Waals surface area (Å²) in [5, 5.41) is 2.79. The van der Waals surface area contributed by atoms with E-state index in [1.54, 1.807) is 49.2 Å². The molecule has 148 valence electrons. The quantitative estimate of drug-likeness (QED) is 0.603. The summed E-state index contributed by atoms with van der Waals surface area (Å²) in [6, 6.07) is 9.40. The molecule has 0 unspecified atom stereocenters. The maximum absolute atomic E-state index is 12.4. The summed E-state index contributed by atoms with van der Waals surface area (Å²) in [6.07, 6.45) is 2.71. The van der Waals surface area contributed by atoms with Crippen LogP contribution < -0.4 is 14.4 Å². The second-order valence-corrected chi connectivity index (χ2v) is 8.82. The Morgan fingerprint density at radius 1 is 1.30 bits per heavy atom. The van der Waals surface area contributed by atoms with Gasteiger partial charge in [-0.2, -0.15) is 11.8 Å². The van der Waals surface area contributed by atoms with Crippen molar-refractivity contribution < 1.29 is 22.4 Å². The van der Waals surface area contributed by atoms with Crippen LogP contribution in [0.25, 0.3) is 0 Å². The van der Waals surface area contributed by atoms with Crippen LogP contribution >= 0.6 is 11.8 Å². The molecule has 1 N–H and O–H groups in total. The van der Waals surface area contributed by atoms with E-state index in [9.17, 15) is 13.2 Å². The Bertz CT molecular complexity index is 820. The van der Waals surface area contributed by atoms with Gasteiger partial charge in [0.1, 0.15) is 17.6 Å². The first kappa shape index (κ1) is 21.2. The molecular formula is C18H24N2O5S2. The first-order valence-electron chi connectivity index (χ1n) is 8.34. The van der Waals surface area contributed by atoms with Gasteiger partial charge in [-0.05, 0) is 43.3 Å². The number of hydrogen-bond acceptors (Lipinski definition) is 6. The van der Waals surface area contributed by atoms with Gasteiger partial charge in [-0.3, -0.25) is 9.10 Å². The Morgan fingerprint density at radius 2 is 2.00 bits per heavy atom. The molecule has 1 aromatic carbocycles. The summed E-state index contributed by atoms with van der Waals surface area (Å²) in [5.41, 5.74) is 0.410. The molecular weight excluding hydrogens is 388 g/mol. The fraction of sp³-hybridized carbons (Fsp3) is 0.389. The second kappa shape index (κ2) is 9.70. The topological polar surface area (TPSA) is 88.8 Å². The van der Waals surface area contributed by atoms with E-state index in [-0.39, 0.29) is 5.91 Å². The lowest BCUT2D eigenvalue weighted by Crippen LogP contribution is -2.48. The number of nitrogens with zero attached hydrogens (tertiary/aromatic N) is 1. The molecule has 0 aliphatic carbocycles. The molecule has 0 spiro atoms. The van der Waals surface area contributed by atoms with Gasteiger partial charge in [0.15, 0.2) is 0 Å². The minimum absolute atomic E-state index is 0.352. The lowest BCUT2D eigenvalue weighted by Gasteiger charge is -2.28. The Labute approximate surface area is 164 Å². The van der Waals surface area contributed by atoms with Gasteiger partial charge in [0.05, 0.1) is 31.1 Å². The van der Waals surface area contributed by atoms with Gasteiger partial charge >= 0.3 is 0 Å². The lowest BCUT2D eigenvalue weighted by molar-refractivity contribution is -0.121. The van der Waals surface area contributed by atoms with E-state index in [0.717, 1.165) is 22.1 Å². The second-order valence-electron chi connectivity index (χ2n) is 5.86. The van der Waals surface area contributed by atoms with Gasteiger partial charge in [-0.15, -0.1) is 0 Å². The predicted molar refractivity (Wildman–Crippen MR) is 108 cm³/mol. The SMILES string of the molecule is COc1ccc(N([C@@H](C)C(=O)NCCSCc2ccco2)S(C)(=O)=O)cc1. The Balaban J connectivity index is 1.93. The number of hydrogen-bond donors (Lipinski definition) is 1. The smallest absolute Gasteiger partial charge is 0.243 e. The fourth-order valence-corrected chi connectivity index (χ4v) is 4.43. The van der Waals surface area contributed by atoms with Gasteiger partial charge < -0.3 is 14.5 Å². The van der Waals surface area contributed by atoms with Crippen molar-refractivity contribution in [1.82, 2.24) is 5.32 Å². The zero-order chi connectivity index (χ0) is 19.9. The maximum atomic E-state index is 12.4. The monoisotopic (exact) mass is 412 g/mol. The van der Waals surface area contributed by atoms with Crippen molar-refractivity contribution in [3.63, 3.8) is 0 Å². The van der Waals surface area contributed by atoms with E-state index in [0.29, 0.717) is 23.7 Å². The molecule has 0 saturated heterocycles. The molecule has 1 atom stereocenters. The Hall–Kier alpha value is -2.13. The van der Waals surface area contributed by atoms with E-state index in [4.69, 9.17) is 9.15 Å². The minimum Gasteiger partial charge on any atom is -0.497 e. The number of thioether (sulfide) groups is 1. The van der Waals surface area contributed by atoms with Gasteiger partial charge in [-0.1, -0.05) is 0 Å². The average Bonchev–Trinajstić information content (AvgIpc) is 3.14. The summed E-state index contributed by atoms with van der Waals surface area (Å²) in [7, 11) is -2.10. The normalized spacial score (nSPS) is 12.4. The number of carbonyl (C=O) groups excluding carboxylic acids is 1. The fourth-order valence-electron chi connectivity index (χ4n) is 2.50. The number of rotatable bonds is 10. The average molecular weight is 413 g/mol. The molecule has 1 aromatic heterocycles. The van der Waals surface area contributed by atoms with Crippen molar-refractivity contribution in [2.75, 3.05) is 30.0 Å². The van der Waals surface area contributed by atoms with Crippen LogP contribution in [-0.2, 0) is 20.6 Å². The summed E-state index contributed by atoms with van der Waals surface area (Å²) in [5.74, 6) is 2.55. The van der Waals surface area contributed by atoms with Gasteiger partial charge in [0, 0.05) is 12.3 Å². The maximum Gasteiger partial charge on any atom is 0.243 e. The molecule has 0 saturated carbocycles. The van der Waals surface area contributed by atoms with Crippen LogP contribution in [0.3, 0.4) is 0 Å². The van der Waals surface area contributed by atoms with Crippen molar-refractivity contribution in [3.8, 4) is 5.75 Å². The number of benzene rings is 1. The summed E-state index contributed by atoms with van der Waals surface area (Å²) >= 11 is 1.62. The molecule has 0 radical (unpaired) electrons. The molecule has 0 aliphatic heterocycles. The van der Waals surface area contributed by atoms with Crippen LogP contribution in [0.15, 0.2) is 47.1 Å². The van der Waals surface area contributed by atoms with Crippen LogP contribution in [0, 0.1) is 0 Å². The van der Waals surface area contributed by atoms with Crippen LogP contribution in [-0.4, -0.2) is 46.0 Å². The highest BCUT2D eigenvalue weighted by atomic mass is 32.2. The zero-order valence-corrected chi connectivity index (χ0v) is 17.2. The highest BCUT2D eigenvalue weighted by Gasteiger charge is 2.28. The number of methoxy groups -OCH3 is 1. The number of amides is 1. The number of furan rings is 1. The van der Waals surface area contributed by atoms with E-state index >= 15 is 0 Å². The third-order valence-corrected chi connectivity index (χ3v) is 6.01. The molecule has 7 nitrogen and oxygen atoms in total. The van der Waals surface area contributed by atoms with Crippen molar-refractivity contribution in [1.29, 1.82) is 0 Å². The number of sulfonamides is 1. The third-order valence-electron chi connectivity index (χ3n) is 3.79. The highest BCUT2D eigenvalue weighted by Crippen LogP contribution is 2.23. The minimum atomic E-state index is -3.63. The zero-order valence-electron chi connectivity index (χ0n) is 15.5. The summed E-state index contributed by atoms with van der Waals surface area (Å²) in [6.45, 7) is 2.01. The molecule has 2 aromatic rings. The van der Waals surface area contributed by atoms with Crippen molar-refractivity contribution >= 4 is 33.4 Å². The largest absolute Gasteiger partial charge is 0.497 e. The summed E-state index contributed by atoms with van der Waals surface area (Å²) < 4.78 is 35.9. The van der Waals surface area contributed by atoms with Crippen LogP contribution in [0.5, 0.6) is 5.75 Å². The lowest BCUT2D eigenvalue weighted by atomic mass is 10.2. The van der Waals surface area contributed by atoms with Gasteiger partial charge in [0.2, 0.25) is 15.9 Å². The van der Waals surface area contributed by atoms with E-state index in [1.807, 2.05) is 12.1 Å². The van der Waals surface area contributed by atoms with Crippen molar-refractivity contribution in [2.24, 2.45) is 0 Å². The van der Waals surface area contributed by atoms with Crippen LogP contribution in [0.1, 0.15) is 12.7 Å². The number of anilines is 1. The standard InChI is InChI=1S/C18H24N2O5S2/c1-14(18(21)19-10-12-26-13-17-5-4-11-25-17)20(27(3,22)23)15-6-8-16(24-2)9-7-15/h4-9,11,14H,10,12-13H2,1-3H3,(H,19,21)/t14-/m0/s1. The molecule has 9 heteroatoms. The van der Waals surface area contributed by atoms with Gasteiger partial charge in [-0.25, -0.2) is 8.42 Å². The molecule has 0 aliphatic rings. The molecule has 0 bridgehead atoms. The van der Waals surface area contributed by atoms with Gasteiger partial charge in [0.25, 0.3) is 0 Å². The predicted octanol–water partition coefficient (Wildman–Crippen LogP) is 2.49. The number of nitrogens with one attached hydrogen (secondary N) is 1. The first-order valence-corrected chi connectivity index (χ1v) is 11.3.